The smallest absolute Gasteiger partial charge is 0.226 e. The van der Waals surface area contributed by atoms with E-state index in [1.165, 1.54) is 5.56 Å². The number of nitrogens with zero attached hydrogens (tertiary/aromatic N) is 2. The number of benzene rings is 2. The Balaban J connectivity index is 1.64. The minimum Gasteiger partial charge on any atom is -0.491 e. The van der Waals surface area contributed by atoms with Crippen LogP contribution in [0.25, 0.3) is 11.5 Å². The van der Waals surface area contributed by atoms with Crippen molar-refractivity contribution in [3.8, 4) is 17.2 Å². The molecule has 0 aliphatic carbocycles. The van der Waals surface area contributed by atoms with Crippen LogP contribution in [0.5, 0.6) is 5.75 Å². The van der Waals surface area contributed by atoms with E-state index in [1.54, 1.807) is 13.4 Å². The van der Waals surface area contributed by atoms with Crippen LogP contribution >= 0.6 is 0 Å². The van der Waals surface area contributed by atoms with E-state index in [0.29, 0.717) is 38.2 Å². The Morgan fingerprint density at radius 3 is 2.56 bits per heavy atom. The van der Waals surface area contributed by atoms with Gasteiger partial charge >= 0.3 is 0 Å². The van der Waals surface area contributed by atoms with Gasteiger partial charge in [0.2, 0.25) is 5.89 Å². The Morgan fingerprint density at radius 1 is 1.03 bits per heavy atom. The van der Waals surface area contributed by atoms with Crippen molar-refractivity contribution < 1.29 is 13.9 Å². The molecule has 3 aromatic rings. The van der Waals surface area contributed by atoms with Crippen LogP contribution in [0.3, 0.4) is 0 Å². The largest absolute Gasteiger partial charge is 0.491 e. The molecule has 2 N–H and O–H groups in total. The van der Waals surface area contributed by atoms with Gasteiger partial charge in [0, 0.05) is 24.8 Å². The molecule has 170 valence electrons. The zero-order valence-corrected chi connectivity index (χ0v) is 19.3. The highest BCUT2D eigenvalue weighted by molar-refractivity contribution is 5.79. The van der Waals surface area contributed by atoms with Gasteiger partial charge in [0.05, 0.1) is 25.4 Å². The molecule has 3 rings (SSSR count). The molecule has 1 aromatic heterocycles. The molecule has 7 nitrogen and oxygen atoms in total. The van der Waals surface area contributed by atoms with Gasteiger partial charge in [-0.15, -0.1) is 0 Å². The van der Waals surface area contributed by atoms with Gasteiger partial charge < -0.3 is 24.5 Å². The van der Waals surface area contributed by atoms with Crippen LogP contribution in [-0.4, -0.2) is 37.8 Å². The number of hydrogen-bond donors (Lipinski definition) is 2. The molecule has 0 fully saturated rings. The zero-order chi connectivity index (χ0) is 22.8. The van der Waals surface area contributed by atoms with Crippen molar-refractivity contribution >= 4 is 5.96 Å². The molecule has 0 radical (unpaired) electrons. The lowest BCUT2D eigenvalue weighted by atomic mass is 10.1. The first-order valence-corrected chi connectivity index (χ1v) is 10.8. The average molecular weight is 437 g/mol. The van der Waals surface area contributed by atoms with Crippen molar-refractivity contribution in [1.82, 2.24) is 15.6 Å². The minimum absolute atomic E-state index is 0.491. The van der Waals surface area contributed by atoms with Gasteiger partial charge in [-0.3, -0.25) is 0 Å². The molecule has 7 heteroatoms. The maximum atomic E-state index is 5.87. The second kappa shape index (κ2) is 11.9. The summed E-state index contributed by atoms with van der Waals surface area (Å²) < 4.78 is 16.6. The Bertz CT molecular complexity index is 1010. The number of guanidine groups is 1. The predicted molar refractivity (Wildman–Crippen MR) is 127 cm³/mol. The van der Waals surface area contributed by atoms with Crippen molar-refractivity contribution in [1.29, 1.82) is 0 Å². The Morgan fingerprint density at radius 2 is 1.81 bits per heavy atom. The fourth-order valence-electron chi connectivity index (χ4n) is 3.06. The molecular formula is C25H32N4O3. The Hall–Kier alpha value is -3.32. The van der Waals surface area contributed by atoms with E-state index in [9.17, 15) is 0 Å². The lowest BCUT2D eigenvalue weighted by Gasteiger charge is -2.13. The van der Waals surface area contributed by atoms with Crippen molar-refractivity contribution in [3.63, 3.8) is 0 Å². The van der Waals surface area contributed by atoms with E-state index in [-0.39, 0.29) is 0 Å². The van der Waals surface area contributed by atoms with Gasteiger partial charge in [0.1, 0.15) is 18.6 Å². The molecule has 0 aliphatic heterocycles. The van der Waals surface area contributed by atoms with Crippen LogP contribution in [0.15, 0.2) is 58.1 Å². The highest BCUT2D eigenvalue weighted by Gasteiger charge is 2.08. The highest BCUT2D eigenvalue weighted by atomic mass is 16.5. The van der Waals surface area contributed by atoms with E-state index < -0.39 is 0 Å². The minimum atomic E-state index is 0.491. The summed E-state index contributed by atoms with van der Waals surface area (Å²) in [5.74, 6) is 2.15. The van der Waals surface area contributed by atoms with Crippen LogP contribution in [0.1, 0.15) is 29.3 Å². The van der Waals surface area contributed by atoms with E-state index in [4.69, 9.17) is 18.9 Å². The summed E-state index contributed by atoms with van der Waals surface area (Å²) in [6, 6.07) is 14.3. The molecule has 32 heavy (non-hydrogen) atoms. The average Bonchev–Trinajstić information content (AvgIpc) is 3.26. The Kier molecular flexibility index (Phi) is 8.69. The third-order valence-corrected chi connectivity index (χ3v) is 4.81. The van der Waals surface area contributed by atoms with E-state index >= 15 is 0 Å². The van der Waals surface area contributed by atoms with Gasteiger partial charge in [-0.25, -0.2) is 9.98 Å². The van der Waals surface area contributed by atoms with Gasteiger partial charge in [0.25, 0.3) is 0 Å². The number of aryl methyl sites for hydroxylation is 2. The van der Waals surface area contributed by atoms with Crippen LogP contribution in [-0.2, 0) is 17.8 Å². The quantitative estimate of drug-likeness (QED) is 0.281. The first kappa shape index (κ1) is 23.3. The number of aliphatic imine (C=N–C) groups is 1. The zero-order valence-electron chi connectivity index (χ0n) is 19.3. The fraction of sp³-hybridized carbons (Fsp3) is 0.360. The number of oxazole rings is 1. The molecule has 0 atom stereocenters. The van der Waals surface area contributed by atoms with Crippen molar-refractivity contribution in [3.05, 3.63) is 71.1 Å². The van der Waals surface area contributed by atoms with E-state index in [1.807, 2.05) is 44.2 Å². The van der Waals surface area contributed by atoms with Gasteiger partial charge in [-0.2, -0.15) is 0 Å². The molecular weight excluding hydrogens is 404 g/mol. The molecule has 0 saturated heterocycles. The molecule has 2 aromatic carbocycles. The standard InChI is InChI=1S/C25H32N4O3/c1-5-26-25(27-15-21-11-8-19(3)14-23(21)31-13-12-30-4)28-16-22-17-32-24(29-22)20-9-6-18(2)7-10-20/h6-11,14,17H,5,12-13,15-16H2,1-4H3,(H2,26,27,28). The topological polar surface area (TPSA) is 80.9 Å². The maximum Gasteiger partial charge on any atom is 0.226 e. The van der Waals surface area contributed by atoms with Crippen LogP contribution < -0.4 is 15.4 Å². The lowest BCUT2D eigenvalue weighted by molar-refractivity contribution is 0.145. The van der Waals surface area contributed by atoms with Gasteiger partial charge in [-0.05, 0) is 44.5 Å². The fourth-order valence-corrected chi connectivity index (χ4v) is 3.06. The third kappa shape index (κ3) is 6.85. The molecule has 0 bridgehead atoms. The van der Waals surface area contributed by atoms with E-state index in [0.717, 1.165) is 34.7 Å². The SMILES string of the molecule is CCNC(=NCc1ccc(C)cc1OCCOC)NCc1coc(-c2ccc(C)cc2)n1. The predicted octanol–water partition coefficient (Wildman–Crippen LogP) is 4.24. The summed E-state index contributed by atoms with van der Waals surface area (Å²) >= 11 is 0. The summed E-state index contributed by atoms with van der Waals surface area (Å²) in [7, 11) is 1.66. The highest BCUT2D eigenvalue weighted by Crippen LogP contribution is 2.21. The second-order valence-electron chi connectivity index (χ2n) is 7.51. The third-order valence-electron chi connectivity index (χ3n) is 4.81. The first-order chi connectivity index (χ1) is 15.6. The van der Waals surface area contributed by atoms with Crippen molar-refractivity contribution in [2.45, 2.75) is 33.9 Å². The summed E-state index contributed by atoms with van der Waals surface area (Å²) in [4.78, 5) is 9.30. The summed E-state index contributed by atoms with van der Waals surface area (Å²) in [5.41, 5.74) is 5.14. The summed E-state index contributed by atoms with van der Waals surface area (Å²) in [6.07, 6.45) is 1.67. The maximum absolute atomic E-state index is 5.87. The number of hydrogen-bond acceptors (Lipinski definition) is 5. The normalized spacial score (nSPS) is 11.4. The van der Waals surface area contributed by atoms with Crippen molar-refractivity contribution in [2.75, 3.05) is 26.9 Å². The monoisotopic (exact) mass is 436 g/mol. The second-order valence-corrected chi connectivity index (χ2v) is 7.51. The number of rotatable bonds is 10. The van der Waals surface area contributed by atoms with Gasteiger partial charge in [0.15, 0.2) is 5.96 Å². The van der Waals surface area contributed by atoms with Crippen LogP contribution in [0, 0.1) is 13.8 Å². The summed E-state index contributed by atoms with van der Waals surface area (Å²) in [5, 5.41) is 6.59. The molecule has 0 saturated carbocycles. The number of nitrogens with one attached hydrogen (secondary N) is 2. The molecule has 0 unspecified atom stereocenters. The lowest BCUT2D eigenvalue weighted by Crippen LogP contribution is -2.36. The molecule has 0 aliphatic rings. The first-order valence-electron chi connectivity index (χ1n) is 10.8. The van der Waals surface area contributed by atoms with Crippen molar-refractivity contribution in [2.24, 2.45) is 4.99 Å². The van der Waals surface area contributed by atoms with Crippen LogP contribution in [0.2, 0.25) is 0 Å². The number of ether oxygens (including phenoxy) is 2. The molecule has 1 heterocycles. The molecule has 0 amide bonds. The molecule has 0 spiro atoms. The van der Waals surface area contributed by atoms with Gasteiger partial charge in [-0.1, -0.05) is 29.8 Å². The number of methoxy groups -OCH3 is 1. The number of aromatic nitrogens is 1. The Labute approximate surface area is 189 Å². The van der Waals surface area contributed by atoms with Crippen LogP contribution in [0.4, 0.5) is 0 Å². The summed E-state index contributed by atoms with van der Waals surface area (Å²) in [6.45, 7) is 8.94. The van der Waals surface area contributed by atoms with E-state index in [2.05, 4.69) is 34.7 Å².